The van der Waals surface area contributed by atoms with E-state index < -0.39 is 11.5 Å². The number of aryl methyl sites for hydroxylation is 1. The topological polar surface area (TPSA) is 79.8 Å². The van der Waals surface area contributed by atoms with Crippen molar-refractivity contribution in [1.29, 1.82) is 0 Å². The van der Waals surface area contributed by atoms with E-state index in [4.69, 9.17) is 16.3 Å². The number of esters is 1. The van der Waals surface area contributed by atoms with Crippen LogP contribution in [-0.2, 0) is 20.9 Å². The molecule has 8 heteroatoms. The van der Waals surface area contributed by atoms with Gasteiger partial charge in [0.15, 0.2) is 0 Å². The molecule has 0 aliphatic heterocycles. The summed E-state index contributed by atoms with van der Waals surface area (Å²) in [6.07, 6.45) is 1.64. The molecule has 0 radical (unpaired) electrons. The van der Waals surface area contributed by atoms with Crippen LogP contribution >= 0.6 is 11.6 Å². The Morgan fingerprint density at radius 2 is 1.57 bits per heavy atom. The summed E-state index contributed by atoms with van der Waals surface area (Å²) in [5.41, 5.74) is 3.38. The van der Waals surface area contributed by atoms with Gasteiger partial charge in [0.25, 0.3) is 0 Å². The largest absolute Gasteiger partial charge is 0.426 e. The van der Waals surface area contributed by atoms with E-state index in [1.807, 2.05) is 45.9 Å². The van der Waals surface area contributed by atoms with Gasteiger partial charge in [-0.15, -0.1) is 0 Å². The van der Waals surface area contributed by atoms with E-state index in [9.17, 15) is 14.4 Å². The Morgan fingerprint density at radius 1 is 0.919 bits per heavy atom. The molecule has 0 fully saturated rings. The number of rotatable bonds is 6. The maximum absolute atomic E-state index is 13.0. The van der Waals surface area contributed by atoms with Gasteiger partial charge in [0.2, 0.25) is 11.8 Å². The molecule has 37 heavy (non-hydrogen) atoms. The third kappa shape index (κ3) is 6.74. The maximum atomic E-state index is 13.0. The van der Waals surface area contributed by atoms with Gasteiger partial charge in [0.1, 0.15) is 5.75 Å². The average Bonchev–Trinajstić information content (AvgIpc) is 2.78. The highest BCUT2D eigenvalue weighted by Gasteiger charge is 2.28. The highest BCUT2D eigenvalue weighted by molar-refractivity contribution is 6.30. The summed E-state index contributed by atoms with van der Waals surface area (Å²) >= 11 is 6.14. The van der Waals surface area contributed by atoms with Crippen LogP contribution in [0.3, 0.4) is 0 Å². The summed E-state index contributed by atoms with van der Waals surface area (Å²) in [5, 5.41) is 0.558. The molecule has 0 saturated heterocycles. The van der Waals surface area contributed by atoms with Gasteiger partial charge < -0.3 is 9.64 Å². The molecule has 0 spiro atoms. The Balaban J connectivity index is 2.36. The predicted molar refractivity (Wildman–Crippen MR) is 146 cm³/mol. The Bertz CT molecular complexity index is 1330. The minimum absolute atomic E-state index is 0.132. The lowest BCUT2D eigenvalue weighted by atomic mass is 9.97. The second-order valence-corrected chi connectivity index (χ2v) is 10.3. The van der Waals surface area contributed by atoms with Crippen LogP contribution in [-0.4, -0.2) is 33.2 Å². The number of aromatic nitrogens is 1. The van der Waals surface area contributed by atoms with Crippen LogP contribution in [0.15, 0.2) is 54.7 Å². The minimum atomic E-state index is -0.502. The van der Waals surface area contributed by atoms with Crippen LogP contribution in [0.1, 0.15) is 52.8 Å². The lowest BCUT2D eigenvalue weighted by molar-refractivity contribution is -0.134. The normalized spacial score (nSPS) is 11.1. The molecule has 0 saturated carbocycles. The molecule has 0 atom stereocenters. The number of halogens is 1. The second kappa shape index (κ2) is 11.1. The zero-order chi connectivity index (χ0) is 27.5. The molecular formula is C29H32ClN3O4. The molecule has 2 aromatic carbocycles. The Hall–Kier alpha value is -3.71. The molecule has 3 rings (SSSR count). The van der Waals surface area contributed by atoms with Gasteiger partial charge in [0, 0.05) is 60.9 Å². The maximum Gasteiger partial charge on any atom is 0.308 e. The molecule has 0 aliphatic carbocycles. The first-order valence-corrected chi connectivity index (χ1v) is 12.3. The number of amides is 2. The monoisotopic (exact) mass is 521 g/mol. The van der Waals surface area contributed by atoms with Gasteiger partial charge in [-0.2, -0.15) is 0 Å². The van der Waals surface area contributed by atoms with Crippen LogP contribution in [0.4, 0.5) is 11.4 Å². The standard InChI is InChI=1S/C29H32ClN3O4/c1-18-14-25(12-13-31-18)33(20(3)35)26-15-23(17-32(19(2)34)29(5,6)7)28(37-21(4)36)27(16-26)22-8-10-24(30)11-9-22/h8-16H,17H2,1-7H3. The van der Waals surface area contributed by atoms with Gasteiger partial charge >= 0.3 is 5.97 Å². The lowest BCUT2D eigenvalue weighted by Gasteiger charge is -2.36. The molecule has 1 aromatic heterocycles. The summed E-state index contributed by atoms with van der Waals surface area (Å²) in [6.45, 7) is 12.1. The Labute approximate surface area is 223 Å². The van der Waals surface area contributed by atoms with Crippen molar-refractivity contribution in [2.75, 3.05) is 4.90 Å². The van der Waals surface area contributed by atoms with Crippen LogP contribution in [0, 0.1) is 6.92 Å². The molecule has 0 aliphatic rings. The third-order valence-corrected chi connectivity index (χ3v) is 6.03. The fraction of sp³-hybridized carbons (Fsp3) is 0.310. The van der Waals surface area contributed by atoms with Gasteiger partial charge in [-0.3, -0.25) is 24.3 Å². The van der Waals surface area contributed by atoms with Gasteiger partial charge in [-0.05, 0) is 69.7 Å². The van der Waals surface area contributed by atoms with Crippen LogP contribution in [0.5, 0.6) is 5.75 Å². The van der Waals surface area contributed by atoms with E-state index in [2.05, 4.69) is 4.98 Å². The molecule has 3 aromatic rings. The number of hydrogen-bond acceptors (Lipinski definition) is 5. The molecule has 0 N–H and O–H groups in total. The smallest absolute Gasteiger partial charge is 0.308 e. The summed E-state index contributed by atoms with van der Waals surface area (Å²) in [4.78, 5) is 45.3. The fourth-order valence-electron chi connectivity index (χ4n) is 4.20. The fourth-order valence-corrected chi connectivity index (χ4v) is 4.33. The summed E-state index contributed by atoms with van der Waals surface area (Å²) in [5.74, 6) is -0.517. The number of anilines is 2. The lowest BCUT2D eigenvalue weighted by Crippen LogP contribution is -2.44. The Kier molecular flexibility index (Phi) is 8.39. The zero-order valence-corrected chi connectivity index (χ0v) is 23.0. The molecule has 1 heterocycles. The van der Waals surface area contributed by atoms with E-state index >= 15 is 0 Å². The van der Waals surface area contributed by atoms with Gasteiger partial charge in [0.05, 0.1) is 11.4 Å². The molecule has 7 nitrogen and oxygen atoms in total. The molecule has 0 unspecified atom stereocenters. The second-order valence-electron chi connectivity index (χ2n) is 9.87. The van der Waals surface area contributed by atoms with Crippen LogP contribution in [0.2, 0.25) is 5.02 Å². The van der Waals surface area contributed by atoms with E-state index in [0.29, 0.717) is 33.3 Å². The minimum Gasteiger partial charge on any atom is -0.426 e. The quantitative estimate of drug-likeness (QED) is 0.274. The van der Waals surface area contributed by atoms with Gasteiger partial charge in [-0.1, -0.05) is 23.7 Å². The Morgan fingerprint density at radius 3 is 2.08 bits per heavy atom. The van der Waals surface area contributed by atoms with Crippen molar-refractivity contribution in [3.05, 3.63) is 71.0 Å². The van der Waals surface area contributed by atoms with Crippen molar-refractivity contribution in [3.63, 3.8) is 0 Å². The van der Waals surface area contributed by atoms with Crippen LogP contribution < -0.4 is 9.64 Å². The van der Waals surface area contributed by atoms with E-state index in [0.717, 1.165) is 11.3 Å². The first-order chi connectivity index (χ1) is 17.3. The average molecular weight is 522 g/mol. The predicted octanol–water partition coefficient (Wildman–Crippen LogP) is 6.47. The summed E-state index contributed by atoms with van der Waals surface area (Å²) in [7, 11) is 0. The summed E-state index contributed by atoms with van der Waals surface area (Å²) in [6, 6.07) is 14.3. The van der Waals surface area contributed by atoms with Crippen molar-refractivity contribution in [2.24, 2.45) is 0 Å². The van der Waals surface area contributed by atoms with Crippen LogP contribution in [0.25, 0.3) is 11.1 Å². The number of hydrogen-bond donors (Lipinski definition) is 0. The first kappa shape index (κ1) is 27.9. The first-order valence-electron chi connectivity index (χ1n) is 11.9. The molecule has 0 bridgehead atoms. The van der Waals surface area contributed by atoms with E-state index in [-0.39, 0.29) is 18.4 Å². The van der Waals surface area contributed by atoms with Crippen molar-refractivity contribution in [2.45, 2.75) is 60.5 Å². The number of carbonyl (C=O) groups excluding carboxylic acids is 3. The number of carbonyl (C=O) groups is 3. The zero-order valence-electron chi connectivity index (χ0n) is 22.3. The van der Waals surface area contributed by atoms with Crippen molar-refractivity contribution in [1.82, 2.24) is 9.88 Å². The number of benzene rings is 2. The number of pyridine rings is 1. The molecular weight excluding hydrogens is 490 g/mol. The highest BCUT2D eigenvalue weighted by atomic mass is 35.5. The van der Waals surface area contributed by atoms with E-state index in [1.54, 1.807) is 46.3 Å². The third-order valence-electron chi connectivity index (χ3n) is 5.78. The van der Waals surface area contributed by atoms with E-state index in [1.165, 1.54) is 20.8 Å². The number of ether oxygens (including phenoxy) is 1. The summed E-state index contributed by atoms with van der Waals surface area (Å²) < 4.78 is 5.75. The molecule has 2 amide bonds. The SMILES string of the molecule is CC(=O)Oc1c(CN(C(C)=O)C(C)(C)C)cc(N(C(C)=O)c2ccnc(C)c2)cc1-c1ccc(Cl)cc1. The van der Waals surface area contributed by atoms with Crippen molar-refractivity contribution in [3.8, 4) is 16.9 Å². The van der Waals surface area contributed by atoms with Crippen molar-refractivity contribution >= 4 is 40.8 Å². The number of nitrogens with zero attached hydrogens (tertiary/aromatic N) is 3. The van der Waals surface area contributed by atoms with Crippen molar-refractivity contribution < 1.29 is 19.1 Å². The highest BCUT2D eigenvalue weighted by Crippen LogP contribution is 2.41. The molecule has 194 valence electrons. The van der Waals surface area contributed by atoms with Gasteiger partial charge in [-0.25, -0.2) is 0 Å².